The summed E-state index contributed by atoms with van der Waals surface area (Å²) in [6.07, 6.45) is -3.41. The Morgan fingerprint density at radius 2 is 1.86 bits per heavy atom. The van der Waals surface area contributed by atoms with Crippen molar-refractivity contribution in [3.05, 3.63) is 42.1 Å². The molecule has 116 valence electrons. The molecule has 0 saturated heterocycles. The lowest BCUT2D eigenvalue weighted by Crippen LogP contribution is -2.16. The lowest BCUT2D eigenvalue weighted by Gasteiger charge is -2.11. The number of hydrogen-bond acceptors (Lipinski definition) is 5. The molecule has 1 heterocycles. The van der Waals surface area contributed by atoms with Crippen LogP contribution in [-0.4, -0.2) is 24.4 Å². The van der Waals surface area contributed by atoms with Crippen molar-refractivity contribution in [2.24, 2.45) is 0 Å². The summed E-state index contributed by atoms with van der Waals surface area (Å²) in [4.78, 5) is 15.6. The van der Waals surface area contributed by atoms with E-state index in [1.807, 2.05) is 0 Å². The molecule has 2 aromatic rings. The van der Waals surface area contributed by atoms with Gasteiger partial charge in [0, 0.05) is 11.8 Å². The molecule has 0 saturated carbocycles. The smallest absolute Gasteiger partial charge is 0.465 e. The van der Waals surface area contributed by atoms with E-state index in [4.69, 9.17) is 5.73 Å². The summed E-state index contributed by atoms with van der Waals surface area (Å²) in [6.45, 7) is 0. The second kappa shape index (κ2) is 5.92. The minimum absolute atomic E-state index is 0.126. The van der Waals surface area contributed by atoms with Crippen LogP contribution in [0.3, 0.4) is 0 Å². The van der Waals surface area contributed by atoms with E-state index in [1.165, 1.54) is 31.5 Å². The van der Waals surface area contributed by atoms with Crippen molar-refractivity contribution in [3.63, 3.8) is 0 Å². The Balaban J connectivity index is 2.38. The molecule has 0 aliphatic heterocycles. The quantitative estimate of drug-likeness (QED) is 0.882. The number of ether oxygens (including phenoxy) is 2. The molecule has 0 spiro atoms. The summed E-state index contributed by atoms with van der Waals surface area (Å²) in [5.74, 6) is -0.861. The van der Waals surface area contributed by atoms with E-state index in [0.29, 0.717) is 11.1 Å². The van der Waals surface area contributed by atoms with Crippen LogP contribution in [0.25, 0.3) is 11.1 Å². The van der Waals surface area contributed by atoms with Gasteiger partial charge in [0.2, 0.25) is 0 Å². The highest BCUT2D eigenvalue weighted by Gasteiger charge is 2.31. The third-order valence-electron chi connectivity index (χ3n) is 2.73. The second-order valence-corrected chi connectivity index (χ2v) is 4.22. The summed E-state index contributed by atoms with van der Waals surface area (Å²) >= 11 is 0. The van der Waals surface area contributed by atoms with Gasteiger partial charge in [-0.05, 0) is 23.8 Å². The molecular weight excluding hydrogens is 301 g/mol. The zero-order chi connectivity index (χ0) is 16.3. The number of anilines is 1. The minimum Gasteiger partial charge on any atom is -0.465 e. The fourth-order valence-corrected chi connectivity index (χ4v) is 1.82. The molecule has 0 fully saturated rings. The molecule has 0 atom stereocenters. The van der Waals surface area contributed by atoms with E-state index in [9.17, 15) is 18.0 Å². The Kier molecular flexibility index (Phi) is 4.20. The van der Waals surface area contributed by atoms with Gasteiger partial charge in [0.15, 0.2) is 0 Å². The molecule has 0 aliphatic rings. The first kappa shape index (κ1) is 15.6. The van der Waals surface area contributed by atoms with Crippen LogP contribution in [0.4, 0.5) is 19.0 Å². The number of pyridine rings is 1. The number of benzene rings is 1. The third-order valence-corrected chi connectivity index (χ3v) is 2.73. The SMILES string of the molecule is COC(=O)c1cc(N)ncc1-c1ccc(OC(F)(F)F)cc1. The fourth-order valence-electron chi connectivity index (χ4n) is 1.82. The first-order valence-electron chi connectivity index (χ1n) is 6.00. The maximum absolute atomic E-state index is 12.1. The Hall–Kier alpha value is -2.77. The Morgan fingerprint density at radius 1 is 1.23 bits per heavy atom. The van der Waals surface area contributed by atoms with Crippen LogP contribution in [0.2, 0.25) is 0 Å². The molecule has 0 radical (unpaired) electrons. The van der Waals surface area contributed by atoms with Gasteiger partial charge in [0.1, 0.15) is 11.6 Å². The molecule has 1 aromatic heterocycles. The number of methoxy groups -OCH3 is 1. The molecule has 0 unspecified atom stereocenters. The van der Waals surface area contributed by atoms with E-state index < -0.39 is 12.3 Å². The van der Waals surface area contributed by atoms with Crippen molar-refractivity contribution >= 4 is 11.8 Å². The zero-order valence-corrected chi connectivity index (χ0v) is 11.3. The van der Waals surface area contributed by atoms with Crippen molar-refractivity contribution in [1.82, 2.24) is 4.98 Å². The topological polar surface area (TPSA) is 74.4 Å². The molecule has 0 bridgehead atoms. The number of nitrogens with two attached hydrogens (primary N) is 1. The highest BCUT2D eigenvalue weighted by molar-refractivity contribution is 5.97. The van der Waals surface area contributed by atoms with Crippen LogP contribution in [-0.2, 0) is 4.74 Å². The number of halogens is 3. The Bertz CT molecular complexity index is 685. The molecule has 22 heavy (non-hydrogen) atoms. The van der Waals surface area contributed by atoms with Gasteiger partial charge in [-0.2, -0.15) is 0 Å². The van der Waals surface area contributed by atoms with Gasteiger partial charge >= 0.3 is 12.3 Å². The van der Waals surface area contributed by atoms with Gasteiger partial charge in [0.25, 0.3) is 0 Å². The van der Waals surface area contributed by atoms with Gasteiger partial charge in [0.05, 0.1) is 12.7 Å². The van der Waals surface area contributed by atoms with Gasteiger partial charge in [-0.15, -0.1) is 13.2 Å². The predicted octanol–water partition coefficient (Wildman–Crippen LogP) is 3.02. The van der Waals surface area contributed by atoms with Crippen molar-refractivity contribution in [2.45, 2.75) is 6.36 Å². The Labute approximate surface area is 123 Å². The fraction of sp³-hybridized carbons (Fsp3) is 0.143. The van der Waals surface area contributed by atoms with Crippen LogP contribution < -0.4 is 10.5 Å². The summed E-state index contributed by atoms with van der Waals surface area (Å²) in [6, 6.07) is 6.36. The Morgan fingerprint density at radius 3 is 2.41 bits per heavy atom. The first-order valence-corrected chi connectivity index (χ1v) is 6.00. The van der Waals surface area contributed by atoms with Crippen molar-refractivity contribution in [2.75, 3.05) is 12.8 Å². The van der Waals surface area contributed by atoms with Gasteiger partial charge in [-0.1, -0.05) is 12.1 Å². The average molecular weight is 312 g/mol. The van der Waals surface area contributed by atoms with Crippen molar-refractivity contribution in [3.8, 4) is 16.9 Å². The molecule has 2 rings (SSSR count). The molecule has 0 aliphatic carbocycles. The maximum atomic E-state index is 12.1. The van der Waals surface area contributed by atoms with E-state index >= 15 is 0 Å². The van der Waals surface area contributed by atoms with E-state index in [1.54, 1.807) is 0 Å². The summed E-state index contributed by atoms with van der Waals surface area (Å²) in [5.41, 5.74) is 6.56. The number of nitrogens with zero attached hydrogens (tertiary/aromatic N) is 1. The number of hydrogen-bond donors (Lipinski definition) is 1. The molecule has 8 heteroatoms. The van der Waals surface area contributed by atoms with E-state index in [2.05, 4.69) is 14.5 Å². The lowest BCUT2D eigenvalue weighted by molar-refractivity contribution is -0.274. The highest BCUT2D eigenvalue weighted by Crippen LogP contribution is 2.29. The van der Waals surface area contributed by atoms with Crippen LogP contribution in [0, 0.1) is 0 Å². The molecule has 1 aromatic carbocycles. The molecular formula is C14H11F3N2O3. The lowest BCUT2D eigenvalue weighted by atomic mass is 10.0. The van der Waals surface area contributed by atoms with Crippen LogP contribution in [0.5, 0.6) is 5.75 Å². The number of esters is 1. The maximum Gasteiger partial charge on any atom is 0.573 e. The van der Waals surface area contributed by atoms with Gasteiger partial charge < -0.3 is 15.2 Å². The summed E-state index contributed by atoms with van der Waals surface area (Å²) in [5, 5.41) is 0. The number of carbonyl (C=O) groups excluding carboxylic acids is 1. The zero-order valence-electron chi connectivity index (χ0n) is 11.3. The standard InChI is InChI=1S/C14H11F3N2O3/c1-21-13(20)10-6-12(18)19-7-11(10)8-2-4-9(5-3-8)22-14(15,16)17/h2-7H,1H3,(H2,18,19). The normalized spacial score (nSPS) is 11.1. The minimum atomic E-state index is -4.76. The number of rotatable bonds is 3. The summed E-state index contributed by atoms with van der Waals surface area (Å²) in [7, 11) is 1.21. The highest BCUT2D eigenvalue weighted by atomic mass is 19.4. The molecule has 2 N–H and O–H groups in total. The van der Waals surface area contributed by atoms with Crippen LogP contribution in [0.1, 0.15) is 10.4 Å². The monoisotopic (exact) mass is 312 g/mol. The largest absolute Gasteiger partial charge is 0.573 e. The number of carbonyl (C=O) groups is 1. The molecule has 0 amide bonds. The second-order valence-electron chi connectivity index (χ2n) is 4.22. The van der Waals surface area contributed by atoms with Crippen LogP contribution >= 0.6 is 0 Å². The van der Waals surface area contributed by atoms with Crippen molar-refractivity contribution in [1.29, 1.82) is 0 Å². The summed E-state index contributed by atoms with van der Waals surface area (Å²) < 4.78 is 44.8. The van der Waals surface area contributed by atoms with E-state index in [-0.39, 0.29) is 17.1 Å². The van der Waals surface area contributed by atoms with Gasteiger partial charge in [-0.3, -0.25) is 0 Å². The molecule has 5 nitrogen and oxygen atoms in total. The third kappa shape index (κ3) is 3.66. The average Bonchev–Trinajstić information content (AvgIpc) is 2.46. The number of aromatic nitrogens is 1. The first-order chi connectivity index (χ1) is 10.3. The number of nitrogen functional groups attached to an aromatic ring is 1. The van der Waals surface area contributed by atoms with E-state index in [0.717, 1.165) is 12.1 Å². The van der Waals surface area contributed by atoms with Gasteiger partial charge in [-0.25, -0.2) is 9.78 Å². The van der Waals surface area contributed by atoms with Crippen LogP contribution in [0.15, 0.2) is 36.5 Å². The van der Waals surface area contributed by atoms with Crippen molar-refractivity contribution < 1.29 is 27.4 Å². The predicted molar refractivity (Wildman–Crippen MR) is 72.1 cm³/mol. The number of alkyl halides is 3.